The second kappa shape index (κ2) is 4.02. The summed E-state index contributed by atoms with van der Waals surface area (Å²) in [6.45, 7) is 6.93. The molecule has 0 spiro atoms. The standard InChI is InChI=1S/C10H15FOSi/c1-4-12-13(2,3)10-7-5-9(11)6-8-10/h5-8H,4H2,1-3H3. The molecule has 0 heterocycles. The Morgan fingerprint density at radius 3 is 2.23 bits per heavy atom. The molecule has 0 amide bonds. The summed E-state index contributed by atoms with van der Waals surface area (Å²) in [5, 5.41) is 1.13. The molecule has 0 N–H and O–H groups in total. The van der Waals surface area contributed by atoms with E-state index in [-0.39, 0.29) is 5.82 Å². The zero-order valence-electron chi connectivity index (χ0n) is 8.30. The Labute approximate surface area is 79.7 Å². The minimum absolute atomic E-state index is 0.190. The fraction of sp³-hybridized carbons (Fsp3) is 0.400. The number of benzene rings is 1. The summed E-state index contributed by atoms with van der Waals surface area (Å²) in [6.07, 6.45) is 0. The third kappa shape index (κ3) is 2.64. The highest BCUT2D eigenvalue weighted by Gasteiger charge is 2.24. The van der Waals surface area contributed by atoms with E-state index < -0.39 is 8.32 Å². The molecule has 72 valence electrons. The second-order valence-electron chi connectivity index (χ2n) is 3.45. The lowest BCUT2D eigenvalue weighted by atomic mass is 10.3. The Bertz CT molecular complexity index is 269. The Balaban J connectivity index is 2.87. The monoisotopic (exact) mass is 198 g/mol. The highest BCUT2D eigenvalue weighted by molar-refractivity contribution is 6.84. The van der Waals surface area contributed by atoms with Gasteiger partial charge in [0, 0.05) is 6.61 Å². The van der Waals surface area contributed by atoms with E-state index in [1.54, 1.807) is 0 Å². The van der Waals surface area contributed by atoms with Crippen molar-refractivity contribution in [2.75, 3.05) is 6.61 Å². The van der Waals surface area contributed by atoms with Crippen LogP contribution in [0.25, 0.3) is 0 Å². The van der Waals surface area contributed by atoms with Crippen molar-refractivity contribution < 1.29 is 8.82 Å². The van der Waals surface area contributed by atoms with Crippen molar-refractivity contribution >= 4 is 13.5 Å². The van der Waals surface area contributed by atoms with Crippen molar-refractivity contribution in [3.8, 4) is 0 Å². The van der Waals surface area contributed by atoms with E-state index in [2.05, 4.69) is 13.1 Å². The molecule has 0 aromatic heterocycles. The molecule has 1 nitrogen and oxygen atoms in total. The van der Waals surface area contributed by atoms with Crippen molar-refractivity contribution in [1.82, 2.24) is 0 Å². The van der Waals surface area contributed by atoms with Gasteiger partial charge >= 0.3 is 0 Å². The fourth-order valence-electron chi connectivity index (χ4n) is 1.30. The van der Waals surface area contributed by atoms with Crippen LogP contribution in [0.5, 0.6) is 0 Å². The Kier molecular flexibility index (Phi) is 3.22. The van der Waals surface area contributed by atoms with E-state index in [0.717, 1.165) is 11.8 Å². The van der Waals surface area contributed by atoms with Crippen LogP contribution >= 0.6 is 0 Å². The number of rotatable bonds is 3. The lowest BCUT2D eigenvalue weighted by Crippen LogP contribution is -2.44. The summed E-state index contributed by atoms with van der Waals surface area (Å²) in [5.41, 5.74) is 0. The molecule has 0 aliphatic carbocycles. The molecule has 0 saturated heterocycles. The molecule has 0 unspecified atom stereocenters. The van der Waals surface area contributed by atoms with Crippen molar-refractivity contribution in [1.29, 1.82) is 0 Å². The smallest absolute Gasteiger partial charge is 0.218 e. The minimum atomic E-state index is -1.77. The van der Waals surface area contributed by atoms with Gasteiger partial charge in [-0.25, -0.2) is 4.39 Å². The Morgan fingerprint density at radius 1 is 1.23 bits per heavy atom. The topological polar surface area (TPSA) is 9.23 Å². The van der Waals surface area contributed by atoms with Crippen LogP contribution in [-0.4, -0.2) is 14.9 Å². The van der Waals surface area contributed by atoms with Gasteiger partial charge < -0.3 is 4.43 Å². The fourth-order valence-corrected chi connectivity index (χ4v) is 3.15. The zero-order valence-corrected chi connectivity index (χ0v) is 9.30. The Morgan fingerprint density at radius 2 is 1.77 bits per heavy atom. The minimum Gasteiger partial charge on any atom is -0.413 e. The van der Waals surface area contributed by atoms with Crippen molar-refractivity contribution in [2.24, 2.45) is 0 Å². The molecule has 1 aromatic rings. The van der Waals surface area contributed by atoms with Gasteiger partial charge in [0.05, 0.1) is 0 Å². The lowest BCUT2D eigenvalue weighted by Gasteiger charge is -2.22. The Hall–Kier alpha value is -0.673. The van der Waals surface area contributed by atoms with Crippen LogP contribution in [0, 0.1) is 5.82 Å². The maximum Gasteiger partial charge on any atom is 0.218 e. The third-order valence-electron chi connectivity index (χ3n) is 2.04. The number of hydrogen-bond acceptors (Lipinski definition) is 1. The number of hydrogen-bond donors (Lipinski definition) is 0. The highest BCUT2D eigenvalue weighted by Crippen LogP contribution is 2.05. The highest BCUT2D eigenvalue weighted by atomic mass is 28.4. The third-order valence-corrected chi connectivity index (χ3v) is 4.78. The summed E-state index contributed by atoms with van der Waals surface area (Å²) in [7, 11) is -1.77. The molecule has 0 bridgehead atoms. The van der Waals surface area contributed by atoms with Gasteiger partial charge in [-0.2, -0.15) is 0 Å². The van der Waals surface area contributed by atoms with Gasteiger partial charge in [-0.1, -0.05) is 12.1 Å². The molecule has 0 atom stereocenters. The normalized spacial score (nSPS) is 11.7. The van der Waals surface area contributed by atoms with Crippen LogP contribution in [0.4, 0.5) is 4.39 Å². The molecular formula is C10H15FOSi. The zero-order chi connectivity index (χ0) is 9.90. The van der Waals surface area contributed by atoms with E-state index in [1.807, 2.05) is 19.1 Å². The first-order chi connectivity index (χ1) is 6.06. The van der Waals surface area contributed by atoms with Gasteiger partial charge in [0.2, 0.25) is 8.32 Å². The van der Waals surface area contributed by atoms with Crippen molar-refractivity contribution in [3.05, 3.63) is 30.1 Å². The summed E-state index contributed by atoms with van der Waals surface area (Å²) in [5.74, 6) is -0.190. The van der Waals surface area contributed by atoms with Crippen LogP contribution in [0.15, 0.2) is 24.3 Å². The molecule has 0 fully saturated rings. The molecule has 1 rings (SSSR count). The summed E-state index contributed by atoms with van der Waals surface area (Å²) in [4.78, 5) is 0. The van der Waals surface area contributed by atoms with E-state index in [0.29, 0.717) is 0 Å². The summed E-state index contributed by atoms with van der Waals surface area (Å²) >= 11 is 0. The SMILES string of the molecule is CCO[Si](C)(C)c1ccc(F)cc1. The lowest BCUT2D eigenvalue weighted by molar-refractivity contribution is 0.339. The predicted molar refractivity (Wildman–Crippen MR) is 55.1 cm³/mol. The molecule has 0 saturated carbocycles. The van der Waals surface area contributed by atoms with Crippen LogP contribution < -0.4 is 5.19 Å². The summed E-state index contributed by atoms with van der Waals surface area (Å²) < 4.78 is 18.3. The quantitative estimate of drug-likeness (QED) is 0.677. The van der Waals surface area contributed by atoms with E-state index in [1.165, 1.54) is 12.1 Å². The first-order valence-corrected chi connectivity index (χ1v) is 7.37. The molecular weight excluding hydrogens is 183 g/mol. The van der Waals surface area contributed by atoms with Gasteiger partial charge in [0.15, 0.2) is 0 Å². The molecule has 0 aliphatic rings. The van der Waals surface area contributed by atoms with Gasteiger partial charge in [-0.05, 0) is 37.3 Å². The van der Waals surface area contributed by atoms with E-state index >= 15 is 0 Å². The van der Waals surface area contributed by atoms with E-state index in [9.17, 15) is 4.39 Å². The van der Waals surface area contributed by atoms with Crippen LogP contribution in [0.3, 0.4) is 0 Å². The first kappa shape index (κ1) is 10.4. The average Bonchev–Trinajstić information content (AvgIpc) is 2.05. The largest absolute Gasteiger partial charge is 0.413 e. The first-order valence-electron chi connectivity index (χ1n) is 4.46. The maximum atomic E-state index is 12.6. The maximum absolute atomic E-state index is 12.6. The van der Waals surface area contributed by atoms with Gasteiger partial charge in [0.25, 0.3) is 0 Å². The number of halogens is 1. The van der Waals surface area contributed by atoms with Gasteiger partial charge in [-0.3, -0.25) is 0 Å². The van der Waals surface area contributed by atoms with Gasteiger partial charge in [0.1, 0.15) is 5.82 Å². The molecule has 3 heteroatoms. The van der Waals surface area contributed by atoms with Crippen LogP contribution in [-0.2, 0) is 4.43 Å². The predicted octanol–water partition coefficient (Wildman–Crippen LogP) is 2.27. The van der Waals surface area contributed by atoms with E-state index in [4.69, 9.17) is 4.43 Å². The molecule has 0 radical (unpaired) electrons. The molecule has 0 aliphatic heterocycles. The summed E-state index contributed by atoms with van der Waals surface area (Å²) in [6, 6.07) is 6.61. The van der Waals surface area contributed by atoms with Crippen LogP contribution in [0.2, 0.25) is 13.1 Å². The second-order valence-corrected chi connectivity index (χ2v) is 7.34. The van der Waals surface area contributed by atoms with Crippen LogP contribution in [0.1, 0.15) is 6.92 Å². The average molecular weight is 198 g/mol. The molecule has 13 heavy (non-hydrogen) atoms. The molecule has 1 aromatic carbocycles. The van der Waals surface area contributed by atoms with Crippen molar-refractivity contribution in [2.45, 2.75) is 20.0 Å². The van der Waals surface area contributed by atoms with Crippen molar-refractivity contribution in [3.63, 3.8) is 0 Å². The van der Waals surface area contributed by atoms with Gasteiger partial charge in [-0.15, -0.1) is 0 Å².